The zero-order chi connectivity index (χ0) is 12.8. The highest BCUT2D eigenvalue weighted by atomic mass is 28.5. The van der Waals surface area contributed by atoms with E-state index in [2.05, 4.69) is 71.0 Å². The second-order valence-electron chi connectivity index (χ2n) is 7.00. The van der Waals surface area contributed by atoms with Gasteiger partial charge in [-0.05, 0) is 52.4 Å². The lowest BCUT2D eigenvalue weighted by Crippen LogP contribution is -2.87. The summed E-state index contributed by atoms with van der Waals surface area (Å²) in [7, 11) is -5.94. The Morgan fingerprint density at radius 1 is 0.375 bits per heavy atom. The molecule has 1 aliphatic rings. The second-order valence-corrected chi connectivity index (χ2v) is 24.0. The predicted molar refractivity (Wildman–Crippen MR) is 82.5 cm³/mol. The SMILES string of the molecule is C[Si]1(C)N[Si](C)(C)N[Si](C)(C)N[Si](C)(C)N1. The Morgan fingerprint density at radius 2 is 0.500 bits per heavy atom. The third kappa shape index (κ3) is 4.53. The van der Waals surface area contributed by atoms with E-state index in [0.29, 0.717) is 0 Å². The van der Waals surface area contributed by atoms with Crippen molar-refractivity contribution in [2.45, 2.75) is 52.4 Å². The van der Waals surface area contributed by atoms with Crippen LogP contribution >= 0.6 is 0 Å². The van der Waals surface area contributed by atoms with E-state index in [4.69, 9.17) is 0 Å². The van der Waals surface area contributed by atoms with E-state index in [0.717, 1.165) is 0 Å². The third-order valence-electron chi connectivity index (χ3n) is 2.50. The number of nitrogens with one attached hydrogen (secondary N) is 4. The van der Waals surface area contributed by atoms with Crippen molar-refractivity contribution in [2.24, 2.45) is 0 Å². The first-order valence-corrected chi connectivity index (χ1v) is 18.0. The fraction of sp³-hybridized carbons (Fsp3) is 1.00. The summed E-state index contributed by atoms with van der Waals surface area (Å²) in [4.78, 5) is 0. The molecule has 16 heavy (non-hydrogen) atoms. The van der Waals surface area contributed by atoms with Crippen molar-refractivity contribution in [1.29, 1.82) is 0 Å². The van der Waals surface area contributed by atoms with E-state index in [1.165, 1.54) is 0 Å². The molecular formula is C8H28N4Si4. The molecule has 0 aromatic carbocycles. The van der Waals surface area contributed by atoms with Crippen LogP contribution in [0.2, 0.25) is 52.4 Å². The molecule has 8 heteroatoms. The van der Waals surface area contributed by atoms with E-state index in [9.17, 15) is 0 Å². The van der Waals surface area contributed by atoms with Crippen molar-refractivity contribution in [3.8, 4) is 0 Å². The van der Waals surface area contributed by atoms with E-state index < -0.39 is 33.6 Å². The zero-order valence-electron chi connectivity index (χ0n) is 12.0. The summed E-state index contributed by atoms with van der Waals surface area (Å²) in [6, 6.07) is 0. The molecule has 4 N–H and O–H groups in total. The standard InChI is InChI=1S/C8H28N4Si4/c1-13(2)9-14(3,4)11-16(7,8)12-15(5,6)10-13/h9-12H,1-8H3. The molecule has 1 rings (SSSR count). The van der Waals surface area contributed by atoms with Gasteiger partial charge in [-0.1, -0.05) is 0 Å². The minimum atomic E-state index is -1.49. The van der Waals surface area contributed by atoms with Gasteiger partial charge in [0.25, 0.3) is 0 Å². The summed E-state index contributed by atoms with van der Waals surface area (Å²) in [6.45, 7) is 19.0. The van der Waals surface area contributed by atoms with Crippen molar-refractivity contribution < 1.29 is 0 Å². The Bertz CT molecular complexity index is 205. The minimum Gasteiger partial charge on any atom is -0.336 e. The molecule has 0 amide bonds. The van der Waals surface area contributed by atoms with Crippen molar-refractivity contribution in [1.82, 2.24) is 18.6 Å². The molecule has 0 aliphatic carbocycles. The average molecular weight is 293 g/mol. The first-order valence-electron chi connectivity index (χ1n) is 6.00. The van der Waals surface area contributed by atoms with Gasteiger partial charge in [-0.3, -0.25) is 0 Å². The zero-order valence-corrected chi connectivity index (χ0v) is 16.0. The van der Waals surface area contributed by atoms with E-state index in [1.807, 2.05) is 0 Å². The van der Waals surface area contributed by atoms with Gasteiger partial charge in [-0.2, -0.15) is 0 Å². The summed E-state index contributed by atoms with van der Waals surface area (Å²) < 4.78 is 15.7. The molecule has 0 atom stereocenters. The predicted octanol–water partition coefficient (Wildman–Crippen LogP) is 1.17. The maximum absolute atomic E-state index is 3.93. The van der Waals surface area contributed by atoms with Crippen LogP contribution < -0.4 is 18.6 Å². The third-order valence-corrected chi connectivity index (χ3v) is 22.5. The van der Waals surface area contributed by atoms with Crippen molar-refractivity contribution in [2.75, 3.05) is 0 Å². The Morgan fingerprint density at radius 3 is 0.625 bits per heavy atom. The second kappa shape index (κ2) is 4.12. The van der Waals surface area contributed by atoms with Crippen molar-refractivity contribution in [3.05, 3.63) is 0 Å². The van der Waals surface area contributed by atoms with Gasteiger partial charge in [-0.15, -0.1) is 0 Å². The number of hydrogen-bond donors (Lipinski definition) is 4. The van der Waals surface area contributed by atoms with Crippen LogP contribution in [0, 0.1) is 0 Å². The van der Waals surface area contributed by atoms with Gasteiger partial charge in [0.15, 0.2) is 33.6 Å². The van der Waals surface area contributed by atoms with Crippen LogP contribution in [-0.4, -0.2) is 33.6 Å². The number of hydrogen-bond acceptors (Lipinski definition) is 4. The summed E-state index contributed by atoms with van der Waals surface area (Å²) in [5.41, 5.74) is 0. The Hall–Kier alpha value is 0.708. The normalized spacial score (nSPS) is 31.5. The molecular weight excluding hydrogens is 264 g/mol. The Balaban J connectivity index is 2.98. The maximum atomic E-state index is 3.93. The average Bonchev–Trinajstić information content (AvgIpc) is 1.67. The molecule has 1 fully saturated rings. The first kappa shape index (κ1) is 14.8. The molecule has 1 aliphatic heterocycles. The van der Waals surface area contributed by atoms with Gasteiger partial charge in [-0.25, -0.2) is 0 Å². The Kier molecular flexibility index (Phi) is 3.81. The van der Waals surface area contributed by atoms with E-state index >= 15 is 0 Å². The van der Waals surface area contributed by atoms with Gasteiger partial charge in [0.05, 0.1) is 0 Å². The van der Waals surface area contributed by atoms with Crippen LogP contribution in [0.15, 0.2) is 0 Å². The molecule has 0 saturated carbocycles. The van der Waals surface area contributed by atoms with Gasteiger partial charge >= 0.3 is 0 Å². The van der Waals surface area contributed by atoms with E-state index in [1.54, 1.807) is 0 Å². The van der Waals surface area contributed by atoms with Gasteiger partial charge < -0.3 is 18.6 Å². The molecule has 0 aromatic heterocycles. The van der Waals surface area contributed by atoms with Crippen LogP contribution in [-0.2, 0) is 0 Å². The summed E-state index contributed by atoms with van der Waals surface area (Å²) in [6.07, 6.45) is 0. The molecule has 0 radical (unpaired) electrons. The molecule has 1 heterocycles. The lowest BCUT2D eigenvalue weighted by Gasteiger charge is -2.49. The van der Waals surface area contributed by atoms with Crippen LogP contribution in [0.4, 0.5) is 0 Å². The van der Waals surface area contributed by atoms with Gasteiger partial charge in [0, 0.05) is 0 Å². The smallest absolute Gasteiger partial charge is 0.183 e. The maximum Gasteiger partial charge on any atom is 0.183 e. The first-order chi connectivity index (χ1) is 6.83. The molecule has 0 aromatic rings. The van der Waals surface area contributed by atoms with E-state index in [-0.39, 0.29) is 0 Å². The van der Waals surface area contributed by atoms with Crippen LogP contribution in [0.3, 0.4) is 0 Å². The topological polar surface area (TPSA) is 48.1 Å². The lowest BCUT2D eigenvalue weighted by molar-refractivity contribution is 1.04. The summed E-state index contributed by atoms with van der Waals surface area (Å²) in [5.74, 6) is 0. The minimum absolute atomic E-state index is 1.49. The number of rotatable bonds is 0. The molecule has 0 unspecified atom stereocenters. The van der Waals surface area contributed by atoms with Gasteiger partial charge in [0.1, 0.15) is 0 Å². The molecule has 4 nitrogen and oxygen atoms in total. The Labute approximate surface area is 105 Å². The largest absolute Gasteiger partial charge is 0.336 e. The fourth-order valence-electron chi connectivity index (χ4n) is 3.25. The molecule has 96 valence electrons. The van der Waals surface area contributed by atoms with Crippen LogP contribution in [0.5, 0.6) is 0 Å². The monoisotopic (exact) mass is 292 g/mol. The highest BCUT2D eigenvalue weighted by Crippen LogP contribution is 2.11. The van der Waals surface area contributed by atoms with Crippen LogP contribution in [0.25, 0.3) is 0 Å². The highest BCUT2D eigenvalue weighted by Gasteiger charge is 2.44. The highest BCUT2D eigenvalue weighted by molar-refractivity contribution is 7.04. The molecule has 0 spiro atoms. The van der Waals surface area contributed by atoms with Crippen LogP contribution in [0.1, 0.15) is 0 Å². The quantitative estimate of drug-likeness (QED) is 0.506. The van der Waals surface area contributed by atoms with Gasteiger partial charge in [0.2, 0.25) is 0 Å². The lowest BCUT2D eigenvalue weighted by atomic mass is 11.9. The summed E-state index contributed by atoms with van der Waals surface area (Å²) in [5, 5.41) is 0. The molecule has 1 saturated heterocycles. The fourth-order valence-corrected chi connectivity index (χ4v) is 31.5. The molecule has 0 bridgehead atoms. The summed E-state index contributed by atoms with van der Waals surface area (Å²) >= 11 is 0. The van der Waals surface area contributed by atoms with Crippen molar-refractivity contribution in [3.63, 3.8) is 0 Å². The van der Waals surface area contributed by atoms with Crippen molar-refractivity contribution >= 4 is 33.6 Å².